The summed E-state index contributed by atoms with van der Waals surface area (Å²) in [6.45, 7) is 7.02. The van der Waals surface area contributed by atoms with Crippen LogP contribution in [0, 0.1) is 5.92 Å². The van der Waals surface area contributed by atoms with Gasteiger partial charge in [-0.15, -0.1) is 0 Å². The van der Waals surface area contributed by atoms with Gasteiger partial charge in [0.25, 0.3) is 0 Å². The summed E-state index contributed by atoms with van der Waals surface area (Å²) in [6.07, 6.45) is 4.25. The first-order valence-corrected chi connectivity index (χ1v) is 6.54. The minimum atomic E-state index is -0.0398. The van der Waals surface area contributed by atoms with Crippen molar-refractivity contribution in [2.45, 2.75) is 58.0 Å². The molecule has 1 rings (SSSR count). The van der Waals surface area contributed by atoms with Crippen molar-refractivity contribution in [3.05, 3.63) is 0 Å². The second-order valence-corrected chi connectivity index (χ2v) is 5.64. The van der Waals surface area contributed by atoms with Crippen LogP contribution in [0.1, 0.15) is 46.5 Å². The SMILES string of the molecule is COCC[C@@H](NC(=O)NC1(C)CCC1)C(C)C. The zero-order valence-corrected chi connectivity index (χ0v) is 11.5. The molecular formula is C13H26N2O2. The number of rotatable bonds is 6. The first-order valence-electron chi connectivity index (χ1n) is 6.54. The lowest BCUT2D eigenvalue weighted by Crippen LogP contribution is -2.56. The molecule has 0 aromatic rings. The molecule has 17 heavy (non-hydrogen) atoms. The molecule has 4 heteroatoms. The standard InChI is InChI=1S/C13H26N2O2/c1-10(2)11(6-9-17-4)14-12(16)15-13(3)7-5-8-13/h10-11H,5-9H2,1-4H3,(H2,14,15,16)/t11-/m1/s1. The molecule has 0 aromatic carbocycles. The molecule has 0 heterocycles. The van der Waals surface area contributed by atoms with Crippen LogP contribution in [0.25, 0.3) is 0 Å². The second kappa shape index (κ2) is 6.24. The number of amides is 2. The minimum absolute atomic E-state index is 0.0207. The lowest BCUT2D eigenvalue weighted by Gasteiger charge is -2.39. The predicted molar refractivity (Wildman–Crippen MR) is 69.0 cm³/mol. The lowest BCUT2D eigenvalue weighted by atomic mass is 9.79. The molecule has 0 spiro atoms. The fourth-order valence-corrected chi connectivity index (χ4v) is 2.13. The van der Waals surface area contributed by atoms with Crippen molar-refractivity contribution in [3.63, 3.8) is 0 Å². The van der Waals surface area contributed by atoms with Crippen LogP contribution in [0.15, 0.2) is 0 Å². The Bertz CT molecular complexity index is 250. The minimum Gasteiger partial charge on any atom is -0.385 e. The summed E-state index contributed by atoms with van der Waals surface area (Å²) in [5.41, 5.74) is 0.0207. The molecule has 1 atom stereocenters. The third-order valence-electron chi connectivity index (χ3n) is 3.63. The van der Waals surface area contributed by atoms with Crippen molar-refractivity contribution in [2.24, 2.45) is 5.92 Å². The van der Waals surface area contributed by atoms with Gasteiger partial charge in [-0.1, -0.05) is 13.8 Å². The number of nitrogens with one attached hydrogen (secondary N) is 2. The molecule has 4 nitrogen and oxygen atoms in total. The number of methoxy groups -OCH3 is 1. The van der Waals surface area contributed by atoms with Crippen LogP contribution >= 0.6 is 0 Å². The van der Waals surface area contributed by atoms with Crippen LogP contribution in [-0.4, -0.2) is 31.3 Å². The highest BCUT2D eigenvalue weighted by Gasteiger charge is 2.33. The average Bonchev–Trinajstić information content (AvgIpc) is 2.21. The van der Waals surface area contributed by atoms with E-state index < -0.39 is 0 Å². The highest BCUT2D eigenvalue weighted by atomic mass is 16.5. The summed E-state index contributed by atoms with van der Waals surface area (Å²) >= 11 is 0. The van der Waals surface area contributed by atoms with E-state index in [9.17, 15) is 4.79 Å². The Morgan fingerprint density at radius 3 is 2.47 bits per heavy atom. The van der Waals surface area contributed by atoms with Crippen molar-refractivity contribution in [3.8, 4) is 0 Å². The lowest BCUT2D eigenvalue weighted by molar-refractivity contribution is 0.165. The van der Waals surface area contributed by atoms with Crippen LogP contribution in [-0.2, 0) is 4.74 Å². The van der Waals surface area contributed by atoms with Gasteiger partial charge in [0, 0.05) is 25.3 Å². The summed E-state index contributed by atoms with van der Waals surface area (Å²) < 4.78 is 5.07. The van der Waals surface area contributed by atoms with Crippen molar-refractivity contribution in [1.29, 1.82) is 0 Å². The Morgan fingerprint density at radius 1 is 1.41 bits per heavy atom. The molecule has 0 saturated heterocycles. The molecule has 1 aliphatic carbocycles. The Hall–Kier alpha value is -0.770. The van der Waals surface area contributed by atoms with E-state index >= 15 is 0 Å². The van der Waals surface area contributed by atoms with E-state index in [0.29, 0.717) is 12.5 Å². The zero-order chi connectivity index (χ0) is 12.9. The number of carbonyl (C=O) groups is 1. The highest BCUT2D eigenvalue weighted by molar-refractivity contribution is 5.75. The maximum Gasteiger partial charge on any atom is 0.315 e. The number of hydrogen-bond acceptors (Lipinski definition) is 2. The zero-order valence-electron chi connectivity index (χ0n) is 11.5. The molecule has 1 saturated carbocycles. The van der Waals surface area contributed by atoms with Crippen LogP contribution in [0.3, 0.4) is 0 Å². The summed E-state index contributed by atoms with van der Waals surface area (Å²) in [7, 11) is 1.69. The van der Waals surface area contributed by atoms with Crippen molar-refractivity contribution in [1.82, 2.24) is 10.6 Å². The molecule has 1 fully saturated rings. The van der Waals surface area contributed by atoms with E-state index in [0.717, 1.165) is 19.3 Å². The van der Waals surface area contributed by atoms with E-state index in [-0.39, 0.29) is 17.6 Å². The molecule has 100 valence electrons. The normalized spacial score (nSPS) is 19.6. The van der Waals surface area contributed by atoms with Gasteiger partial charge in [0.1, 0.15) is 0 Å². The molecule has 0 bridgehead atoms. The van der Waals surface area contributed by atoms with Crippen LogP contribution in [0.4, 0.5) is 4.79 Å². The average molecular weight is 242 g/mol. The summed E-state index contributed by atoms with van der Waals surface area (Å²) in [4.78, 5) is 11.9. The van der Waals surface area contributed by atoms with Crippen LogP contribution in [0.2, 0.25) is 0 Å². The maximum atomic E-state index is 11.9. The Morgan fingerprint density at radius 2 is 2.06 bits per heavy atom. The number of carbonyl (C=O) groups excluding carboxylic acids is 1. The Balaban J connectivity index is 2.35. The molecular weight excluding hydrogens is 216 g/mol. The third kappa shape index (κ3) is 4.54. The quantitative estimate of drug-likeness (QED) is 0.751. The van der Waals surface area contributed by atoms with E-state index in [2.05, 4.69) is 31.4 Å². The van der Waals surface area contributed by atoms with Gasteiger partial charge in [-0.25, -0.2) is 4.79 Å². The van der Waals surface area contributed by atoms with Gasteiger partial charge >= 0.3 is 6.03 Å². The largest absolute Gasteiger partial charge is 0.385 e. The van der Waals surface area contributed by atoms with Gasteiger partial charge in [0.05, 0.1) is 0 Å². The first kappa shape index (κ1) is 14.3. The van der Waals surface area contributed by atoms with Gasteiger partial charge < -0.3 is 15.4 Å². The van der Waals surface area contributed by atoms with Crippen molar-refractivity contribution < 1.29 is 9.53 Å². The van der Waals surface area contributed by atoms with Crippen LogP contribution < -0.4 is 10.6 Å². The maximum absolute atomic E-state index is 11.9. The van der Waals surface area contributed by atoms with Gasteiger partial charge in [0.2, 0.25) is 0 Å². The van der Waals surface area contributed by atoms with Gasteiger partial charge in [-0.05, 0) is 38.5 Å². The fourth-order valence-electron chi connectivity index (χ4n) is 2.13. The molecule has 0 aliphatic heterocycles. The third-order valence-corrected chi connectivity index (χ3v) is 3.63. The molecule has 0 unspecified atom stereocenters. The van der Waals surface area contributed by atoms with E-state index in [4.69, 9.17) is 4.74 Å². The van der Waals surface area contributed by atoms with Crippen molar-refractivity contribution in [2.75, 3.05) is 13.7 Å². The predicted octanol–water partition coefficient (Wildman–Crippen LogP) is 2.29. The van der Waals surface area contributed by atoms with Crippen molar-refractivity contribution >= 4 is 6.03 Å². The van der Waals surface area contributed by atoms with E-state index in [1.807, 2.05) is 0 Å². The molecule has 0 aromatic heterocycles. The van der Waals surface area contributed by atoms with E-state index in [1.54, 1.807) is 7.11 Å². The van der Waals surface area contributed by atoms with E-state index in [1.165, 1.54) is 6.42 Å². The van der Waals surface area contributed by atoms with Gasteiger partial charge in [0.15, 0.2) is 0 Å². The highest BCUT2D eigenvalue weighted by Crippen LogP contribution is 2.30. The topological polar surface area (TPSA) is 50.4 Å². The van der Waals surface area contributed by atoms with Gasteiger partial charge in [-0.3, -0.25) is 0 Å². The monoisotopic (exact) mass is 242 g/mol. The summed E-state index contributed by atoms with van der Waals surface area (Å²) in [5.74, 6) is 0.421. The Labute approximate surface area is 104 Å². The number of urea groups is 1. The summed E-state index contributed by atoms with van der Waals surface area (Å²) in [6, 6.07) is 0.139. The summed E-state index contributed by atoms with van der Waals surface area (Å²) in [5, 5.41) is 6.11. The smallest absolute Gasteiger partial charge is 0.315 e. The molecule has 2 N–H and O–H groups in total. The molecule has 1 aliphatic rings. The number of ether oxygens (including phenoxy) is 1. The second-order valence-electron chi connectivity index (χ2n) is 5.64. The molecule has 2 amide bonds. The number of hydrogen-bond donors (Lipinski definition) is 2. The van der Waals surface area contributed by atoms with Gasteiger partial charge in [-0.2, -0.15) is 0 Å². The first-order chi connectivity index (χ1) is 7.97. The fraction of sp³-hybridized carbons (Fsp3) is 0.923. The Kier molecular flexibility index (Phi) is 5.25. The van der Waals surface area contributed by atoms with Crippen LogP contribution in [0.5, 0.6) is 0 Å². The molecule has 0 radical (unpaired) electrons.